The predicted octanol–water partition coefficient (Wildman–Crippen LogP) is 18.2. The molecule has 41 heteroatoms. The third kappa shape index (κ3) is 13.3. The molecule has 0 fully saturated rings. The number of alkyl halides is 36. The van der Waals surface area contributed by atoms with Gasteiger partial charge in [-0.1, -0.05) is 0 Å². The van der Waals surface area contributed by atoms with Crippen molar-refractivity contribution in [3.63, 3.8) is 0 Å². The van der Waals surface area contributed by atoms with Crippen molar-refractivity contribution >= 4 is 38.4 Å². The average molecular weight is 1440 g/mol. The molecule has 0 unspecified atom stereocenters. The fourth-order valence-corrected chi connectivity index (χ4v) is 42.6. The molecule has 0 aliphatic carbocycles. The summed E-state index contributed by atoms with van der Waals surface area (Å²) in [4.78, 5) is 0. The molecule has 0 aromatic rings. The summed E-state index contributed by atoms with van der Waals surface area (Å²) < 4.78 is 502. The summed E-state index contributed by atoms with van der Waals surface area (Å²) in [6.45, 7) is -3.86. The van der Waals surface area contributed by atoms with E-state index in [2.05, 4.69) is 7.56 Å². The molecule has 464 valence electrons. The summed E-state index contributed by atoms with van der Waals surface area (Å²) in [5.74, 6) is -77.1. The van der Waals surface area contributed by atoms with E-state index >= 15 is 70.2 Å². The summed E-state index contributed by atoms with van der Waals surface area (Å²) in [5, 5.41) is 0. The Morgan fingerprint density at radius 2 is 0.377 bits per heavy atom. The molecular weight excluding hydrogens is 1400 g/mol. The molecule has 0 bridgehead atoms. The second-order valence-corrected chi connectivity index (χ2v) is 37.2. The second-order valence-electron chi connectivity index (χ2n) is 16.9. The minimum absolute atomic E-state index is 0.0699. The Morgan fingerprint density at radius 3 is 0.532 bits per heavy atom. The second kappa shape index (κ2) is 25.0. The summed E-state index contributed by atoms with van der Waals surface area (Å²) in [5.41, 5.74) is 0. The summed E-state index contributed by atoms with van der Waals surface area (Å²) in [7, 11) is 0. The molecule has 0 aromatic heterocycles. The van der Waals surface area contributed by atoms with Crippen molar-refractivity contribution in [3.8, 4) is 0 Å². The molecule has 0 spiro atoms. The quantitative estimate of drug-likeness (QED) is 0.0365. The van der Waals surface area contributed by atoms with Crippen molar-refractivity contribution in [2.24, 2.45) is 0 Å². The van der Waals surface area contributed by atoms with Gasteiger partial charge in [-0.3, -0.25) is 0 Å². The monoisotopic (exact) mass is 1450 g/mol. The molecule has 0 aliphatic heterocycles. The first-order chi connectivity index (χ1) is 33.8. The Bertz CT molecular complexity index is 1590. The van der Waals surface area contributed by atoms with Crippen LogP contribution in [0.4, 0.5) is 158 Å². The number of hydrogen-bond donors (Lipinski definition) is 0. The number of halogens is 36. The van der Waals surface area contributed by atoms with Crippen molar-refractivity contribution in [2.75, 3.05) is 13.2 Å². The molecule has 0 N–H and O–H groups in total. The molecule has 0 radical (unpaired) electrons. The number of unbranched alkanes of at least 4 members (excludes halogenated alkanes) is 14. The summed E-state index contributed by atoms with van der Waals surface area (Å²) >= 11 is -28.0. The van der Waals surface area contributed by atoms with Gasteiger partial charge in [-0.25, -0.2) is 0 Å². The normalized spacial score (nSPS) is 16.0. The van der Waals surface area contributed by atoms with E-state index in [0.29, 0.717) is 25.7 Å². The maximum absolute atomic E-state index is 16.6. The van der Waals surface area contributed by atoms with Gasteiger partial charge in [0.1, 0.15) is 0 Å². The van der Waals surface area contributed by atoms with Crippen molar-refractivity contribution in [3.05, 3.63) is 0 Å². The van der Waals surface area contributed by atoms with E-state index in [1.165, 1.54) is 13.8 Å². The van der Waals surface area contributed by atoms with Crippen LogP contribution < -0.4 is 0 Å². The van der Waals surface area contributed by atoms with E-state index in [9.17, 15) is 87.8 Å². The third-order valence-electron chi connectivity index (χ3n) is 11.1. The Balaban J connectivity index is 10.3. The van der Waals surface area contributed by atoms with Gasteiger partial charge in [0.2, 0.25) is 0 Å². The zero-order chi connectivity index (χ0) is 61.8. The number of rotatable bonds is 34. The molecule has 0 amide bonds. The molecule has 0 rings (SSSR count). The predicted molar refractivity (Wildman–Crippen MR) is 193 cm³/mol. The zero-order valence-electron chi connectivity index (χ0n) is 38.6. The van der Waals surface area contributed by atoms with E-state index in [0.717, 1.165) is 0 Å². The Kier molecular flexibility index (Phi) is 24.7. The van der Waals surface area contributed by atoms with E-state index in [4.69, 9.17) is 0 Å². The molecule has 77 heavy (non-hydrogen) atoms. The van der Waals surface area contributed by atoms with Crippen molar-refractivity contribution in [2.45, 2.75) is 204 Å². The van der Waals surface area contributed by atoms with Gasteiger partial charge >= 0.3 is 422 Å². The molecule has 0 saturated carbocycles. The van der Waals surface area contributed by atoms with Crippen LogP contribution >= 0.6 is 0 Å². The maximum atomic E-state index is 16.6. The van der Waals surface area contributed by atoms with Crippen LogP contribution in [0.5, 0.6) is 0 Å². The van der Waals surface area contributed by atoms with Crippen LogP contribution in [0.2, 0.25) is 0 Å². The molecule has 0 heterocycles. The third-order valence-corrected chi connectivity index (χ3v) is 40.3. The van der Waals surface area contributed by atoms with Gasteiger partial charge in [0.05, 0.1) is 0 Å². The van der Waals surface area contributed by atoms with Crippen LogP contribution in [0.1, 0.15) is 117 Å². The van der Waals surface area contributed by atoms with Crippen LogP contribution in [0, 0.1) is 0 Å². The van der Waals surface area contributed by atoms with Gasteiger partial charge in [0.25, 0.3) is 0 Å². The average Bonchev–Trinajstić information content (AvgIpc) is 3.24. The van der Waals surface area contributed by atoms with Gasteiger partial charge in [-0.05, 0) is 0 Å². The van der Waals surface area contributed by atoms with E-state index in [1.54, 1.807) is 0 Å². The van der Waals surface area contributed by atoms with Crippen molar-refractivity contribution < 1.29 is 166 Å². The molecule has 0 aliphatic rings. The van der Waals surface area contributed by atoms with Crippen LogP contribution in [0.15, 0.2) is 0 Å². The van der Waals surface area contributed by atoms with Crippen LogP contribution in [0.25, 0.3) is 0 Å². The van der Waals surface area contributed by atoms with Crippen molar-refractivity contribution in [1.29, 1.82) is 0 Å². The summed E-state index contributed by atoms with van der Waals surface area (Å²) in [6, 6.07) is 0. The van der Waals surface area contributed by atoms with Gasteiger partial charge in [-0.2, -0.15) is 0 Å². The number of hydrogen-bond acceptors (Lipinski definition) is 3. The Morgan fingerprint density at radius 1 is 0.221 bits per heavy atom. The molecule has 0 atom stereocenters. The standard InChI is InChI=1S/2C10H21O.4C4F9.O.2Sn/c2*1-2-3-4-5-6-7-8-9-10-11;4*5-1(6)2(7,8)3(9,10)4(11,12)13;;;/h2*2-10H2,1H3;;;;;;;/q2*-1;;;;;;2*+1. The van der Waals surface area contributed by atoms with Crippen LogP contribution in [-0.4, -0.2) is 139 Å². The Labute approximate surface area is 420 Å². The van der Waals surface area contributed by atoms with Gasteiger partial charge in [0.15, 0.2) is 0 Å². The molecule has 0 aromatic carbocycles. The molecular formula is C36H42F36O3Sn2. The first kappa shape index (κ1) is 76.0. The SMILES string of the molecule is CCCCCCCCCC[O][Sn]([O][Sn]([O]CCCCCCCCCC)([C](F)(F)C(F)(F)C(F)(F)C(F)(F)F)[C](F)(F)C(F)(F)C(F)(F)C(F)(F)F)([C](F)(F)C(F)(F)C(F)(F)C(F)(F)F)[C](F)(F)C(F)(F)C(F)(F)C(F)(F)F. The van der Waals surface area contributed by atoms with Gasteiger partial charge < -0.3 is 0 Å². The first-order valence-corrected chi connectivity index (χ1v) is 32.0. The first-order valence-electron chi connectivity index (χ1n) is 21.6. The van der Waals surface area contributed by atoms with Gasteiger partial charge in [-0.15, -0.1) is 0 Å². The fourth-order valence-electron chi connectivity index (χ4n) is 6.51. The molecule has 0 saturated heterocycles. The minimum atomic E-state index is -14.0. The fraction of sp³-hybridized carbons (Fsp3) is 1.00. The Hall–Kier alpha value is -1.04. The van der Waals surface area contributed by atoms with E-state index in [1.807, 2.05) is 0 Å². The van der Waals surface area contributed by atoms with Crippen LogP contribution in [0.3, 0.4) is 0 Å². The van der Waals surface area contributed by atoms with Crippen molar-refractivity contribution in [1.82, 2.24) is 0 Å². The van der Waals surface area contributed by atoms with Gasteiger partial charge in [0, 0.05) is 0 Å². The topological polar surface area (TPSA) is 27.7 Å². The van der Waals surface area contributed by atoms with Crippen LogP contribution in [-0.2, 0) is 7.56 Å². The summed E-state index contributed by atoms with van der Waals surface area (Å²) in [6.07, 6.45) is -42.8. The van der Waals surface area contributed by atoms with E-state index < -0.39 is 178 Å². The molecule has 3 nitrogen and oxygen atoms in total. The zero-order valence-corrected chi connectivity index (χ0v) is 44.3. The van der Waals surface area contributed by atoms with E-state index in [-0.39, 0.29) is 38.5 Å².